The van der Waals surface area contributed by atoms with Gasteiger partial charge in [0.15, 0.2) is 0 Å². The number of hydrogen-bond donors (Lipinski definition) is 1. The fraction of sp³-hybridized carbons (Fsp3) is 0.565. The molecule has 1 aromatic carbocycles. The SMILES string of the molecule is Cn1cc(CN2CCC3(CC2)C[C@H](CC(=O)NC2CC2)c2ccccc2O3)cn1. The molecule has 6 nitrogen and oxygen atoms in total. The molecule has 29 heavy (non-hydrogen) atoms. The Bertz CT molecular complexity index is 881. The molecule has 2 fully saturated rings. The van der Waals surface area contributed by atoms with E-state index in [9.17, 15) is 4.79 Å². The van der Waals surface area contributed by atoms with Gasteiger partial charge in [0, 0.05) is 56.8 Å². The van der Waals surface area contributed by atoms with Gasteiger partial charge in [0.1, 0.15) is 11.4 Å². The van der Waals surface area contributed by atoms with E-state index in [0.29, 0.717) is 12.5 Å². The Balaban J connectivity index is 1.27. The van der Waals surface area contributed by atoms with E-state index in [1.54, 1.807) is 0 Å². The molecule has 1 N–H and O–H groups in total. The molecule has 1 saturated heterocycles. The lowest BCUT2D eigenvalue weighted by Gasteiger charge is -2.47. The van der Waals surface area contributed by atoms with Crippen molar-refractivity contribution in [3.8, 4) is 5.75 Å². The van der Waals surface area contributed by atoms with Crippen LogP contribution in [0.2, 0.25) is 0 Å². The number of carbonyl (C=O) groups excluding carboxylic acids is 1. The van der Waals surface area contributed by atoms with E-state index < -0.39 is 0 Å². The van der Waals surface area contributed by atoms with Crippen LogP contribution < -0.4 is 10.1 Å². The molecule has 0 bridgehead atoms. The quantitative estimate of drug-likeness (QED) is 0.847. The fourth-order valence-corrected chi connectivity index (χ4v) is 4.90. The molecule has 2 aliphatic heterocycles. The smallest absolute Gasteiger partial charge is 0.220 e. The number of piperidine rings is 1. The van der Waals surface area contributed by atoms with Gasteiger partial charge in [-0.3, -0.25) is 14.4 Å². The minimum Gasteiger partial charge on any atom is -0.487 e. The van der Waals surface area contributed by atoms with Crippen molar-refractivity contribution in [3.05, 3.63) is 47.8 Å². The molecular formula is C23H30N4O2. The summed E-state index contributed by atoms with van der Waals surface area (Å²) in [5, 5.41) is 7.44. The lowest BCUT2D eigenvalue weighted by molar-refractivity contribution is -0.122. The van der Waals surface area contributed by atoms with Gasteiger partial charge in [0.05, 0.1) is 6.20 Å². The Morgan fingerprint density at radius 1 is 1.28 bits per heavy atom. The van der Waals surface area contributed by atoms with E-state index in [1.165, 1.54) is 11.1 Å². The summed E-state index contributed by atoms with van der Waals surface area (Å²) in [6.07, 6.45) is 9.81. The van der Waals surface area contributed by atoms with Gasteiger partial charge in [-0.05, 0) is 43.7 Å². The summed E-state index contributed by atoms with van der Waals surface area (Å²) in [7, 11) is 1.96. The van der Waals surface area contributed by atoms with Crippen molar-refractivity contribution in [1.82, 2.24) is 20.0 Å². The summed E-state index contributed by atoms with van der Waals surface area (Å²) >= 11 is 0. The number of carbonyl (C=O) groups is 1. The number of amides is 1. The van der Waals surface area contributed by atoms with Crippen molar-refractivity contribution in [2.24, 2.45) is 7.05 Å². The fourth-order valence-electron chi connectivity index (χ4n) is 4.90. The normalized spacial score (nSPS) is 23.4. The summed E-state index contributed by atoms with van der Waals surface area (Å²) in [6, 6.07) is 8.72. The Hall–Kier alpha value is -2.34. The highest BCUT2D eigenvalue weighted by atomic mass is 16.5. The number of fused-ring (bicyclic) bond motifs is 1. The Kier molecular flexibility index (Phi) is 4.82. The first-order chi connectivity index (χ1) is 14.1. The topological polar surface area (TPSA) is 59.4 Å². The first-order valence-corrected chi connectivity index (χ1v) is 10.9. The van der Waals surface area contributed by atoms with Gasteiger partial charge >= 0.3 is 0 Å². The van der Waals surface area contributed by atoms with Crippen molar-refractivity contribution in [2.75, 3.05) is 13.1 Å². The number of likely N-dealkylation sites (tertiary alicyclic amines) is 1. The monoisotopic (exact) mass is 394 g/mol. The number of aromatic nitrogens is 2. The van der Waals surface area contributed by atoms with Gasteiger partial charge in [0.25, 0.3) is 0 Å². The number of nitrogens with one attached hydrogen (secondary N) is 1. The number of ether oxygens (including phenoxy) is 1. The first kappa shape index (κ1) is 18.7. The number of nitrogens with zero attached hydrogens (tertiary/aromatic N) is 3. The lowest BCUT2D eigenvalue weighted by Crippen LogP contribution is -2.50. The lowest BCUT2D eigenvalue weighted by atomic mass is 9.76. The maximum Gasteiger partial charge on any atom is 0.220 e. The van der Waals surface area contributed by atoms with Crippen LogP contribution in [-0.4, -0.2) is 45.3 Å². The molecule has 1 spiro atoms. The third kappa shape index (κ3) is 4.17. The highest BCUT2D eigenvalue weighted by Crippen LogP contribution is 2.46. The Labute approximate surface area is 172 Å². The van der Waals surface area contributed by atoms with E-state index in [0.717, 1.165) is 57.5 Å². The van der Waals surface area contributed by atoms with Crippen molar-refractivity contribution >= 4 is 5.91 Å². The maximum atomic E-state index is 12.5. The van der Waals surface area contributed by atoms with Crippen LogP contribution in [0.1, 0.15) is 55.6 Å². The number of para-hydroxylation sites is 1. The average Bonchev–Trinajstić information content (AvgIpc) is 3.42. The van der Waals surface area contributed by atoms with Crippen LogP contribution in [0.3, 0.4) is 0 Å². The Morgan fingerprint density at radius 2 is 2.07 bits per heavy atom. The molecule has 1 saturated carbocycles. The summed E-state index contributed by atoms with van der Waals surface area (Å²) in [4.78, 5) is 15.0. The highest BCUT2D eigenvalue weighted by molar-refractivity contribution is 5.77. The summed E-state index contributed by atoms with van der Waals surface area (Å²) < 4.78 is 8.45. The zero-order valence-electron chi connectivity index (χ0n) is 17.1. The van der Waals surface area contributed by atoms with Gasteiger partial charge in [0.2, 0.25) is 5.91 Å². The second-order valence-electron chi connectivity index (χ2n) is 9.07. The average molecular weight is 395 g/mol. The third-order valence-corrected chi connectivity index (χ3v) is 6.61. The molecular weight excluding hydrogens is 364 g/mol. The van der Waals surface area contributed by atoms with E-state index in [4.69, 9.17) is 4.74 Å². The second kappa shape index (κ2) is 7.48. The van der Waals surface area contributed by atoms with Crippen molar-refractivity contribution < 1.29 is 9.53 Å². The van der Waals surface area contributed by atoms with Crippen molar-refractivity contribution in [1.29, 1.82) is 0 Å². The van der Waals surface area contributed by atoms with Crippen LogP contribution in [-0.2, 0) is 18.4 Å². The van der Waals surface area contributed by atoms with Crippen LogP contribution in [0.4, 0.5) is 0 Å². The molecule has 1 atom stereocenters. The van der Waals surface area contributed by atoms with Crippen LogP contribution >= 0.6 is 0 Å². The number of rotatable bonds is 5. The van der Waals surface area contributed by atoms with Crippen LogP contribution in [0.25, 0.3) is 0 Å². The zero-order valence-corrected chi connectivity index (χ0v) is 17.1. The van der Waals surface area contributed by atoms with Gasteiger partial charge in [-0.25, -0.2) is 0 Å². The molecule has 1 aliphatic carbocycles. The van der Waals surface area contributed by atoms with Gasteiger partial charge < -0.3 is 10.1 Å². The number of aryl methyl sites for hydroxylation is 1. The van der Waals surface area contributed by atoms with E-state index >= 15 is 0 Å². The van der Waals surface area contributed by atoms with E-state index in [1.807, 2.05) is 24.0 Å². The first-order valence-electron chi connectivity index (χ1n) is 10.9. The molecule has 1 aromatic heterocycles. The minimum atomic E-state index is -0.148. The molecule has 2 aromatic rings. The molecule has 6 heteroatoms. The van der Waals surface area contributed by atoms with E-state index in [2.05, 4.69) is 39.7 Å². The van der Waals surface area contributed by atoms with Crippen LogP contribution in [0.5, 0.6) is 5.75 Å². The van der Waals surface area contributed by atoms with Gasteiger partial charge in [-0.15, -0.1) is 0 Å². The van der Waals surface area contributed by atoms with Crippen molar-refractivity contribution in [2.45, 2.75) is 62.6 Å². The Morgan fingerprint density at radius 3 is 2.79 bits per heavy atom. The highest BCUT2D eigenvalue weighted by Gasteiger charge is 2.43. The standard InChI is InChI=1S/C23H30N4O2/c1-26-15-17(14-24-26)16-27-10-8-23(9-11-27)13-18(12-22(28)25-19-6-7-19)20-4-2-3-5-21(20)29-23/h2-5,14-15,18-19H,6-13,16H2,1H3,(H,25,28)/t18-/m0/s1. The predicted molar refractivity (Wildman–Crippen MR) is 111 cm³/mol. The predicted octanol–water partition coefficient (Wildman–Crippen LogP) is 2.99. The summed E-state index contributed by atoms with van der Waals surface area (Å²) in [5.41, 5.74) is 2.31. The minimum absolute atomic E-state index is 0.148. The van der Waals surface area contributed by atoms with Crippen LogP contribution in [0.15, 0.2) is 36.7 Å². The molecule has 3 heterocycles. The number of benzene rings is 1. The van der Waals surface area contributed by atoms with Gasteiger partial charge in [-0.1, -0.05) is 18.2 Å². The summed E-state index contributed by atoms with van der Waals surface area (Å²) in [6.45, 7) is 2.96. The molecule has 3 aliphatic rings. The van der Waals surface area contributed by atoms with Crippen LogP contribution in [0, 0.1) is 0 Å². The molecule has 0 unspecified atom stereocenters. The molecule has 1 amide bonds. The summed E-state index contributed by atoms with van der Waals surface area (Å²) in [5.74, 6) is 1.41. The van der Waals surface area contributed by atoms with E-state index in [-0.39, 0.29) is 17.4 Å². The molecule has 5 rings (SSSR count). The largest absolute Gasteiger partial charge is 0.487 e. The van der Waals surface area contributed by atoms with Gasteiger partial charge in [-0.2, -0.15) is 5.10 Å². The second-order valence-corrected chi connectivity index (χ2v) is 9.07. The van der Waals surface area contributed by atoms with Crippen molar-refractivity contribution in [3.63, 3.8) is 0 Å². The molecule has 154 valence electrons. The maximum absolute atomic E-state index is 12.5. The molecule has 0 radical (unpaired) electrons. The number of hydrogen-bond acceptors (Lipinski definition) is 4. The third-order valence-electron chi connectivity index (χ3n) is 6.61. The zero-order chi connectivity index (χ0) is 19.8.